The molecule has 0 aromatic heterocycles. The fourth-order valence-electron chi connectivity index (χ4n) is 1.73. The van der Waals surface area contributed by atoms with Gasteiger partial charge in [0.05, 0.1) is 6.54 Å². The molecule has 0 saturated carbocycles. The van der Waals surface area contributed by atoms with E-state index >= 15 is 0 Å². The molecule has 0 aliphatic heterocycles. The Labute approximate surface area is 109 Å². The molecule has 0 heterocycles. The van der Waals surface area contributed by atoms with E-state index in [9.17, 15) is 0 Å². The maximum Gasteiger partial charge on any atom is 0.0514 e. The van der Waals surface area contributed by atoms with Crippen molar-refractivity contribution in [2.75, 3.05) is 13.1 Å². The van der Waals surface area contributed by atoms with Gasteiger partial charge in [-0.15, -0.1) is 0 Å². The molecular formula is C16H19N2. The summed E-state index contributed by atoms with van der Waals surface area (Å²) in [4.78, 5) is 4.37. The summed E-state index contributed by atoms with van der Waals surface area (Å²) in [6.07, 6.45) is 10.1. The highest BCUT2D eigenvalue weighted by molar-refractivity contribution is 5.84. The second-order valence-electron chi connectivity index (χ2n) is 4.42. The third-order valence-electron chi connectivity index (χ3n) is 2.80. The third kappa shape index (κ3) is 4.30. The first-order valence-electron chi connectivity index (χ1n) is 6.32. The monoisotopic (exact) mass is 239 g/mol. The van der Waals surface area contributed by atoms with Gasteiger partial charge in [-0.25, -0.2) is 0 Å². The zero-order valence-corrected chi connectivity index (χ0v) is 10.8. The van der Waals surface area contributed by atoms with Crippen molar-refractivity contribution < 1.29 is 0 Å². The van der Waals surface area contributed by atoms with Crippen molar-refractivity contribution in [3.8, 4) is 0 Å². The predicted molar refractivity (Wildman–Crippen MR) is 77.8 cm³/mol. The van der Waals surface area contributed by atoms with E-state index in [-0.39, 0.29) is 0 Å². The first-order valence-corrected chi connectivity index (χ1v) is 6.32. The molecule has 1 aliphatic carbocycles. The Morgan fingerprint density at radius 1 is 1.22 bits per heavy atom. The quantitative estimate of drug-likeness (QED) is 0.599. The second-order valence-corrected chi connectivity index (χ2v) is 4.42. The first kappa shape index (κ1) is 12.8. The third-order valence-corrected chi connectivity index (χ3v) is 2.80. The molecule has 1 N–H and O–H groups in total. The number of rotatable bonds is 6. The second kappa shape index (κ2) is 6.92. The number of nitrogens with zero attached hydrogens (tertiary/aromatic N) is 1. The fourth-order valence-corrected chi connectivity index (χ4v) is 1.73. The van der Waals surface area contributed by atoms with Crippen LogP contribution in [0.1, 0.15) is 11.1 Å². The van der Waals surface area contributed by atoms with Crippen LogP contribution in [0.3, 0.4) is 0 Å². The Hall–Kier alpha value is -1.67. The smallest absolute Gasteiger partial charge is 0.0514 e. The maximum absolute atomic E-state index is 4.37. The summed E-state index contributed by atoms with van der Waals surface area (Å²) >= 11 is 0. The molecule has 1 aliphatic rings. The van der Waals surface area contributed by atoms with Crippen LogP contribution in [0.2, 0.25) is 0 Å². The molecule has 0 bridgehead atoms. The molecule has 1 radical (unpaired) electrons. The maximum atomic E-state index is 4.37. The normalized spacial score (nSPS) is 14.4. The standard InChI is InChI=1S/C16H19N2/c1-14-6-8-16(9-7-14)13-18-11-10-17-12-15-4-2-3-5-15/h2-9,12,18H,10-11,13H2,1H3. The summed E-state index contributed by atoms with van der Waals surface area (Å²) in [5, 5.41) is 3.39. The van der Waals surface area contributed by atoms with Crippen LogP contribution in [0, 0.1) is 13.3 Å². The molecule has 0 atom stereocenters. The van der Waals surface area contributed by atoms with E-state index in [1.807, 2.05) is 18.7 Å². The number of hydrogen-bond acceptors (Lipinski definition) is 2. The molecule has 1 aromatic rings. The number of allylic oxidation sites excluding steroid dienone is 4. The zero-order chi connectivity index (χ0) is 12.6. The van der Waals surface area contributed by atoms with Crippen molar-refractivity contribution in [3.63, 3.8) is 0 Å². The highest BCUT2D eigenvalue weighted by Gasteiger charge is 1.93. The predicted octanol–water partition coefficient (Wildman–Crippen LogP) is 2.86. The van der Waals surface area contributed by atoms with Crippen LogP contribution >= 0.6 is 0 Å². The summed E-state index contributed by atoms with van der Waals surface area (Å²) in [7, 11) is 0. The fraction of sp³-hybridized carbons (Fsp3) is 0.250. The topological polar surface area (TPSA) is 24.4 Å². The van der Waals surface area contributed by atoms with Crippen molar-refractivity contribution in [2.24, 2.45) is 4.99 Å². The lowest BCUT2D eigenvalue weighted by Gasteiger charge is -2.03. The van der Waals surface area contributed by atoms with E-state index < -0.39 is 0 Å². The average molecular weight is 239 g/mol. The van der Waals surface area contributed by atoms with Crippen LogP contribution < -0.4 is 5.32 Å². The molecule has 18 heavy (non-hydrogen) atoms. The zero-order valence-electron chi connectivity index (χ0n) is 10.8. The number of aryl methyl sites for hydroxylation is 1. The molecule has 2 rings (SSSR count). The minimum atomic E-state index is 0.817. The van der Waals surface area contributed by atoms with Gasteiger partial charge in [-0.3, -0.25) is 4.99 Å². The summed E-state index contributed by atoms with van der Waals surface area (Å²) in [5.74, 6) is 0. The minimum Gasteiger partial charge on any atom is -0.311 e. The van der Waals surface area contributed by atoms with Gasteiger partial charge in [-0.2, -0.15) is 0 Å². The van der Waals surface area contributed by atoms with Gasteiger partial charge in [-0.05, 0) is 18.1 Å². The number of nitrogens with one attached hydrogen (secondary N) is 1. The van der Waals surface area contributed by atoms with Crippen molar-refractivity contribution in [3.05, 3.63) is 65.6 Å². The van der Waals surface area contributed by atoms with Gasteiger partial charge in [0, 0.05) is 25.7 Å². The lowest BCUT2D eigenvalue weighted by Crippen LogP contribution is -2.17. The largest absolute Gasteiger partial charge is 0.311 e. The van der Waals surface area contributed by atoms with Gasteiger partial charge in [-0.1, -0.05) is 48.1 Å². The van der Waals surface area contributed by atoms with Crippen molar-refractivity contribution in [2.45, 2.75) is 13.5 Å². The molecule has 93 valence electrons. The Balaban J connectivity index is 1.61. The van der Waals surface area contributed by atoms with Crippen LogP contribution in [-0.2, 0) is 6.54 Å². The van der Waals surface area contributed by atoms with E-state index in [0.717, 1.165) is 19.6 Å². The Kier molecular flexibility index (Phi) is 4.91. The highest BCUT2D eigenvalue weighted by Crippen LogP contribution is 2.04. The molecule has 0 amide bonds. The lowest BCUT2D eigenvalue weighted by atomic mass is 10.1. The van der Waals surface area contributed by atoms with Gasteiger partial charge < -0.3 is 5.32 Å². The van der Waals surface area contributed by atoms with E-state index in [1.54, 1.807) is 0 Å². The SMILES string of the molecule is Cc1ccc(CNCCN=CC2=C[CH]C=C2)cc1. The van der Waals surface area contributed by atoms with E-state index in [0.29, 0.717) is 0 Å². The highest BCUT2D eigenvalue weighted by atomic mass is 14.9. The molecule has 2 nitrogen and oxygen atoms in total. The van der Waals surface area contributed by atoms with Gasteiger partial charge >= 0.3 is 0 Å². The Bertz CT molecular complexity index is 452. The van der Waals surface area contributed by atoms with Gasteiger partial charge in [0.25, 0.3) is 0 Å². The molecule has 0 saturated heterocycles. The van der Waals surface area contributed by atoms with Crippen molar-refractivity contribution >= 4 is 6.21 Å². The number of aliphatic imine (C=N–C) groups is 1. The molecule has 2 heteroatoms. The molecular weight excluding hydrogens is 220 g/mol. The average Bonchev–Trinajstić information content (AvgIpc) is 2.89. The lowest BCUT2D eigenvalue weighted by molar-refractivity contribution is 0.696. The first-order chi connectivity index (χ1) is 8.84. The minimum absolute atomic E-state index is 0.817. The van der Waals surface area contributed by atoms with Crippen LogP contribution in [0.4, 0.5) is 0 Å². The summed E-state index contributed by atoms with van der Waals surface area (Å²) in [6, 6.07) is 8.61. The van der Waals surface area contributed by atoms with Crippen molar-refractivity contribution in [1.29, 1.82) is 0 Å². The Morgan fingerprint density at radius 3 is 2.78 bits per heavy atom. The number of benzene rings is 1. The molecule has 0 unspecified atom stereocenters. The summed E-state index contributed by atoms with van der Waals surface area (Å²) in [5.41, 5.74) is 3.80. The van der Waals surface area contributed by atoms with Crippen LogP contribution in [-0.4, -0.2) is 19.3 Å². The van der Waals surface area contributed by atoms with Gasteiger partial charge in [0.1, 0.15) is 0 Å². The van der Waals surface area contributed by atoms with Crippen molar-refractivity contribution in [1.82, 2.24) is 5.32 Å². The van der Waals surface area contributed by atoms with E-state index in [2.05, 4.69) is 53.7 Å². The van der Waals surface area contributed by atoms with Crippen LogP contribution in [0.5, 0.6) is 0 Å². The van der Waals surface area contributed by atoms with Gasteiger partial charge in [0.15, 0.2) is 0 Å². The van der Waals surface area contributed by atoms with E-state index in [1.165, 1.54) is 16.7 Å². The Morgan fingerprint density at radius 2 is 2.06 bits per heavy atom. The van der Waals surface area contributed by atoms with E-state index in [4.69, 9.17) is 0 Å². The summed E-state index contributed by atoms with van der Waals surface area (Å²) in [6.45, 7) is 4.74. The van der Waals surface area contributed by atoms with Crippen LogP contribution in [0.25, 0.3) is 0 Å². The summed E-state index contributed by atoms with van der Waals surface area (Å²) < 4.78 is 0. The number of hydrogen-bond donors (Lipinski definition) is 1. The molecule has 0 fully saturated rings. The molecule has 0 spiro atoms. The molecule has 1 aromatic carbocycles. The van der Waals surface area contributed by atoms with Gasteiger partial charge in [0.2, 0.25) is 0 Å². The van der Waals surface area contributed by atoms with Crippen LogP contribution in [0.15, 0.2) is 53.1 Å².